The van der Waals surface area contributed by atoms with E-state index in [1.165, 1.54) is 5.06 Å². The van der Waals surface area contributed by atoms with Crippen LogP contribution >= 0.6 is 46.4 Å². The van der Waals surface area contributed by atoms with Crippen molar-refractivity contribution in [3.8, 4) is 11.3 Å². The van der Waals surface area contributed by atoms with Gasteiger partial charge in [-0.1, -0.05) is 81.9 Å². The molecule has 0 saturated carbocycles. The third kappa shape index (κ3) is 6.48. The number of hydrogen-bond donors (Lipinski definition) is 1. The van der Waals surface area contributed by atoms with Gasteiger partial charge in [-0.2, -0.15) is 0 Å². The van der Waals surface area contributed by atoms with E-state index in [-0.39, 0.29) is 0 Å². The van der Waals surface area contributed by atoms with E-state index in [2.05, 4.69) is 10.5 Å². The Morgan fingerprint density at radius 2 is 1.40 bits per heavy atom. The molecule has 10 heteroatoms. The number of aromatic nitrogens is 1. The molecule has 0 saturated heterocycles. The number of hydroxylamine groups is 2. The molecule has 3 aromatic carbocycles. The number of nitrogens with zero attached hydrogens (tertiary/aromatic N) is 2. The Labute approximate surface area is 222 Å². The van der Waals surface area contributed by atoms with Gasteiger partial charge in [-0.25, -0.2) is 4.79 Å². The zero-order valence-corrected chi connectivity index (χ0v) is 21.4. The molecule has 0 aliphatic heterocycles. The first kappa shape index (κ1) is 25.4. The summed E-state index contributed by atoms with van der Waals surface area (Å²) >= 11 is 24.7. The summed E-state index contributed by atoms with van der Waals surface area (Å²) in [5.74, 6) is 0.370. The Bertz CT molecular complexity index is 1260. The zero-order chi connectivity index (χ0) is 24.9. The van der Waals surface area contributed by atoms with Crippen molar-refractivity contribution in [2.24, 2.45) is 0 Å². The number of hydrogen-bond acceptors (Lipinski definition) is 5. The van der Waals surface area contributed by atoms with Gasteiger partial charge in [0.25, 0.3) is 0 Å². The van der Waals surface area contributed by atoms with E-state index >= 15 is 0 Å². The van der Waals surface area contributed by atoms with Crippen LogP contribution in [0.4, 0.5) is 10.5 Å². The van der Waals surface area contributed by atoms with Crippen molar-refractivity contribution in [1.29, 1.82) is 0 Å². The lowest BCUT2D eigenvalue weighted by Crippen LogP contribution is -2.29. The second-order valence-electron chi connectivity index (χ2n) is 7.61. The minimum atomic E-state index is -0.733. The smallest absolute Gasteiger partial charge is 0.359 e. The van der Waals surface area contributed by atoms with Crippen LogP contribution < -0.4 is 5.32 Å². The average Bonchev–Trinajstić information content (AvgIpc) is 3.16. The van der Waals surface area contributed by atoms with Crippen LogP contribution in [0.15, 0.2) is 71.3 Å². The van der Waals surface area contributed by atoms with Gasteiger partial charge in [-0.05, 0) is 54.4 Å². The predicted octanol–water partition coefficient (Wildman–Crippen LogP) is 8.43. The van der Waals surface area contributed by atoms with Gasteiger partial charge < -0.3 is 9.36 Å². The lowest BCUT2D eigenvalue weighted by atomic mass is 10.1. The monoisotopic (exact) mass is 549 g/mol. The van der Waals surface area contributed by atoms with E-state index in [0.29, 0.717) is 55.9 Å². The van der Waals surface area contributed by atoms with E-state index in [1.807, 2.05) is 24.3 Å². The van der Waals surface area contributed by atoms with Crippen LogP contribution in [0.3, 0.4) is 0 Å². The van der Waals surface area contributed by atoms with Gasteiger partial charge in [0.15, 0.2) is 5.76 Å². The van der Waals surface area contributed by atoms with E-state index in [1.54, 1.807) is 49.4 Å². The van der Waals surface area contributed by atoms with Crippen LogP contribution in [0.25, 0.3) is 11.3 Å². The number of anilines is 1. The van der Waals surface area contributed by atoms with Crippen LogP contribution in [0.2, 0.25) is 20.1 Å². The molecule has 0 unspecified atom stereocenters. The fraction of sp³-hybridized carbons (Fsp3) is 0.120. The molecular weight excluding hydrogens is 532 g/mol. The molecule has 1 heterocycles. The molecule has 1 N–H and O–H groups in total. The number of carbonyl (C=O) groups excluding carboxylic acids is 1. The summed E-state index contributed by atoms with van der Waals surface area (Å²) in [5.41, 5.74) is 2.86. The predicted molar refractivity (Wildman–Crippen MR) is 139 cm³/mol. The van der Waals surface area contributed by atoms with Crippen LogP contribution in [-0.2, 0) is 17.9 Å². The highest BCUT2D eigenvalue weighted by Gasteiger charge is 2.23. The molecule has 0 aliphatic carbocycles. The van der Waals surface area contributed by atoms with Gasteiger partial charge >= 0.3 is 6.09 Å². The number of carbonyl (C=O) groups is 1. The molecule has 0 bridgehead atoms. The van der Waals surface area contributed by atoms with Crippen molar-refractivity contribution < 1.29 is 14.2 Å². The van der Waals surface area contributed by atoms with Crippen LogP contribution in [-0.4, -0.2) is 16.3 Å². The Balaban J connectivity index is 1.55. The van der Waals surface area contributed by atoms with Gasteiger partial charge in [0.2, 0.25) is 0 Å². The summed E-state index contributed by atoms with van der Waals surface area (Å²) in [6.07, 6.45) is -0.733. The van der Waals surface area contributed by atoms with E-state index in [9.17, 15) is 4.79 Å². The van der Waals surface area contributed by atoms with E-state index in [0.717, 1.165) is 11.1 Å². The van der Waals surface area contributed by atoms with Crippen molar-refractivity contribution in [2.45, 2.75) is 20.0 Å². The SMILES string of the molecule is Cc1onc(-c2c(Cl)cccc2Cl)c1NC(=O)ON(Cc1ccc(Cl)cc1)Cc1ccc(Cl)cc1. The van der Waals surface area contributed by atoms with Crippen molar-refractivity contribution in [2.75, 3.05) is 5.32 Å². The molecule has 6 nitrogen and oxygen atoms in total. The summed E-state index contributed by atoms with van der Waals surface area (Å²) in [6.45, 7) is 2.30. The summed E-state index contributed by atoms with van der Waals surface area (Å²) in [5, 5.41) is 10.2. The van der Waals surface area contributed by atoms with Crippen LogP contribution in [0, 0.1) is 6.92 Å². The first-order valence-corrected chi connectivity index (χ1v) is 11.9. The van der Waals surface area contributed by atoms with Crippen molar-refractivity contribution >= 4 is 58.2 Å². The molecule has 0 atom stereocenters. The summed E-state index contributed by atoms with van der Waals surface area (Å²) in [6, 6.07) is 19.6. The third-order valence-electron chi connectivity index (χ3n) is 5.05. The van der Waals surface area contributed by atoms with Crippen molar-refractivity contribution in [3.63, 3.8) is 0 Å². The van der Waals surface area contributed by atoms with E-state index in [4.69, 9.17) is 55.8 Å². The Hall–Kier alpha value is -2.74. The topological polar surface area (TPSA) is 67.6 Å². The highest BCUT2D eigenvalue weighted by Crippen LogP contribution is 2.39. The highest BCUT2D eigenvalue weighted by atomic mass is 35.5. The maximum Gasteiger partial charge on any atom is 0.430 e. The molecule has 1 aromatic heterocycles. The molecule has 1 amide bonds. The molecule has 0 aliphatic rings. The van der Waals surface area contributed by atoms with Gasteiger partial charge in [0.05, 0.1) is 23.1 Å². The number of aryl methyl sites for hydroxylation is 1. The highest BCUT2D eigenvalue weighted by molar-refractivity contribution is 6.39. The molecule has 4 aromatic rings. The molecule has 0 spiro atoms. The van der Waals surface area contributed by atoms with Crippen LogP contribution in [0.1, 0.15) is 16.9 Å². The molecule has 0 fully saturated rings. The Morgan fingerprint density at radius 3 is 1.91 bits per heavy atom. The number of rotatable bonds is 7. The first-order chi connectivity index (χ1) is 16.8. The van der Waals surface area contributed by atoms with Gasteiger partial charge in [-0.15, -0.1) is 5.06 Å². The second kappa shape index (κ2) is 11.3. The zero-order valence-electron chi connectivity index (χ0n) is 18.4. The largest absolute Gasteiger partial charge is 0.430 e. The average molecular weight is 551 g/mol. The lowest BCUT2D eigenvalue weighted by molar-refractivity contribution is -0.110. The minimum absolute atomic E-state index is 0.303. The normalized spacial score (nSPS) is 11.0. The van der Waals surface area contributed by atoms with Gasteiger partial charge in [-0.3, -0.25) is 5.32 Å². The lowest BCUT2D eigenvalue weighted by Gasteiger charge is -2.22. The molecule has 4 rings (SSSR count). The Morgan fingerprint density at radius 1 is 0.886 bits per heavy atom. The molecule has 0 radical (unpaired) electrons. The van der Waals surface area contributed by atoms with Gasteiger partial charge in [0, 0.05) is 15.6 Å². The first-order valence-electron chi connectivity index (χ1n) is 10.4. The quantitative estimate of drug-likeness (QED) is 0.234. The van der Waals surface area contributed by atoms with E-state index < -0.39 is 6.09 Å². The third-order valence-corrected chi connectivity index (χ3v) is 6.18. The molecule has 35 heavy (non-hydrogen) atoms. The minimum Gasteiger partial charge on any atom is -0.359 e. The number of amides is 1. The van der Waals surface area contributed by atoms with Gasteiger partial charge in [0.1, 0.15) is 11.4 Å². The Kier molecular flexibility index (Phi) is 8.21. The fourth-order valence-corrected chi connectivity index (χ4v) is 4.19. The number of benzene rings is 3. The number of nitrogens with one attached hydrogen (secondary N) is 1. The maximum atomic E-state index is 13.0. The van der Waals surface area contributed by atoms with Crippen LogP contribution in [0.5, 0.6) is 0 Å². The van der Waals surface area contributed by atoms with Crippen molar-refractivity contribution in [1.82, 2.24) is 10.2 Å². The summed E-state index contributed by atoms with van der Waals surface area (Å²) < 4.78 is 5.30. The standard InChI is InChI=1S/C25H19Cl4N3O3/c1-15-23(24(31-34-15)22-20(28)3-2-4-21(22)29)30-25(33)35-32(13-16-5-9-18(26)10-6-16)14-17-7-11-19(27)12-8-17/h2-12H,13-14H2,1H3,(H,30,33). The van der Waals surface area contributed by atoms with Crippen molar-refractivity contribution in [3.05, 3.63) is 104 Å². The second-order valence-corrected chi connectivity index (χ2v) is 9.30. The number of halogens is 4. The maximum absolute atomic E-state index is 13.0. The molecule has 180 valence electrons. The molecular formula is C25H19Cl4N3O3. The summed E-state index contributed by atoms with van der Waals surface area (Å²) in [4.78, 5) is 18.6. The fourth-order valence-electron chi connectivity index (χ4n) is 3.36. The summed E-state index contributed by atoms with van der Waals surface area (Å²) in [7, 11) is 0.